The summed E-state index contributed by atoms with van der Waals surface area (Å²) in [6.07, 6.45) is 2.22. The summed E-state index contributed by atoms with van der Waals surface area (Å²) in [5.41, 5.74) is 5.17. The van der Waals surface area contributed by atoms with Gasteiger partial charge in [-0.25, -0.2) is 0 Å². The van der Waals surface area contributed by atoms with Crippen molar-refractivity contribution in [2.24, 2.45) is 5.73 Å². The summed E-state index contributed by atoms with van der Waals surface area (Å²) in [7, 11) is -3.67. The molecule has 0 radical (unpaired) electrons. The molecular formula is C7H15NO5S. The zero-order valence-corrected chi connectivity index (χ0v) is 8.95. The molecule has 0 aromatic carbocycles. The number of rotatable bonds is 3. The molecule has 6 nitrogen and oxygen atoms in total. The van der Waals surface area contributed by atoms with E-state index in [-0.39, 0.29) is 6.61 Å². The van der Waals surface area contributed by atoms with Crippen molar-refractivity contribution >= 4 is 16.1 Å². The smallest absolute Gasteiger partial charge is 0.322 e. The van der Waals surface area contributed by atoms with Gasteiger partial charge in [0.25, 0.3) is 10.1 Å². The molecule has 0 aliphatic heterocycles. The monoisotopic (exact) mass is 225 g/mol. The van der Waals surface area contributed by atoms with Crippen LogP contribution in [0.15, 0.2) is 12.7 Å². The molecule has 0 aromatic heterocycles. The third-order valence-electron chi connectivity index (χ3n) is 0.715. The lowest BCUT2D eigenvalue weighted by Gasteiger charge is -2.02. The minimum Gasteiger partial charge on any atom is -0.460 e. The molecule has 0 aliphatic carbocycles. The van der Waals surface area contributed by atoms with Gasteiger partial charge < -0.3 is 10.5 Å². The van der Waals surface area contributed by atoms with Crippen molar-refractivity contribution < 1.29 is 22.5 Å². The van der Waals surface area contributed by atoms with Gasteiger partial charge in [0.2, 0.25) is 0 Å². The SMILES string of the molecule is C=CCOC(=O)[C@@H](C)N.CS(=O)(=O)O. The van der Waals surface area contributed by atoms with Gasteiger partial charge in [0, 0.05) is 0 Å². The molecular weight excluding hydrogens is 210 g/mol. The van der Waals surface area contributed by atoms with E-state index >= 15 is 0 Å². The zero-order valence-electron chi connectivity index (χ0n) is 8.13. The fourth-order valence-electron chi connectivity index (χ4n) is 0.273. The maximum atomic E-state index is 10.5. The highest BCUT2D eigenvalue weighted by atomic mass is 32.2. The summed E-state index contributed by atoms with van der Waals surface area (Å²) < 4.78 is 30.4. The highest BCUT2D eigenvalue weighted by Crippen LogP contribution is 1.82. The minimum absolute atomic E-state index is 0.236. The highest BCUT2D eigenvalue weighted by molar-refractivity contribution is 7.85. The van der Waals surface area contributed by atoms with Gasteiger partial charge in [0.05, 0.1) is 6.26 Å². The molecule has 1 atom stereocenters. The third-order valence-corrected chi connectivity index (χ3v) is 0.715. The van der Waals surface area contributed by atoms with E-state index in [1.165, 1.54) is 6.08 Å². The van der Waals surface area contributed by atoms with Crippen LogP contribution in [0.5, 0.6) is 0 Å². The van der Waals surface area contributed by atoms with E-state index in [1.807, 2.05) is 0 Å². The summed E-state index contributed by atoms with van der Waals surface area (Å²) in [5.74, 6) is -0.394. The minimum atomic E-state index is -3.67. The average Bonchev–Trinajstić information content (AvgIpc) is 1.96. The van der Waals surface area contributed by atoms with E-state index in [1.54, 1.807) is 6.92 Å². The maximum Gasteiger partial charge on any atom is 0.322 e. The molecule has 0 bridgehead atoms. The van der Waals surface area contributed by atoms with Crippen molar-refractivity contribution in [3.05, 3.63) is 12.7 Å². The predicted molar refractivity (Wildman–Crippen MR) is 52.3 cm³/mol. The Kier molecular flexibility index (Phi) is 8.31. The Morgan fingerprint density at radius 2 is 2.07 bits per heavy atom. The van der Waals surface area contributed by atoms with E-state index < -0.39 is 22.1 Å². The zero-order chi connectivity index (χ0) is 11.8. The Bertz CT molecular complexity index is 262. The molecule has 0 saturated heterocycles. The summed E-state index contributed by atoms with van der Waals surface area (Å²) in [5, 5.41) is 0. The molecule has 0 rings (SSSR count). The molecule has 0 aliphatic rings. The molecule has 0 spiro atoms. The number of esters is 1. The highest BCUT2D eigenvalue weighted by Gasteiger charge is 2.05. The second-order valence-electron chi connectivity index (χ2n) is 2.44. The Morgan fingerprint density at radius 1 is 1.71 bits per heavy atom. The predicted octanol–water partition coefficient (Wildman–Crippen LogP) is -0.433. The largest absolute Gasteiger partial charge is 0.460 e. The average molecular weight is 225 g/mol. The number of nitrogens with two attached hydrogens (primary N) is 1. The molecule has 0 aromatic rings. The Morgan fingerprint density at radius 3 is 2.29 bits per heavy atom. The number of ether oxygens (including phenoxy) is 1. The molecule has 84 valence electrons. The Hall–Kier alpha value is -0.920. The van der Waals surface area contributed by atoms with Gasteiger partial charge in [-0.05, 0) is 6.92 Å². The molecule has 14 heavy (non-hydrogen) atoms. The van der Waals surface area contributed by atoms with Gasteiger partial charge in [-0.1, -0.05) is 12.7 Å². The van der Waals surface area contributed by atoms with Gasteiger partial charge in [-0.15, -0.1) is 0 Å². The van der Waals surface area contributed by atoms with E-state index in [2.05, 4.69) is 11.3 Å². The van der Waals surface area contributed by atoms with Crippen molar-refractivity contribution in [1.29, 1.82) is 0 Å². The lowest BCUT2D eigenvalue weighted by atomic mass is 10.4. The van der Waals surface area contributed by atoms with Crippen molar-refractivity contribution in [2.75, 3.05) is 12.9 Å². The van der Waals surface area contributed by atoms with Crippen molar-refractivity contribution in [2.45, 2.75) is 13.0 Å². The van der Waals surface area contributed by atoms with Crippen LogP contribution in [0.1, 0.15) is 6.92 Å². The van der Waals surface area contributed by atoms with Crippen LogP contribution in [0.3, 0.4) is 0 Å². The Labute approximate surface area is 83.5 Å². The normalized spacial score (nSPS) is 12.0. The van der Waals surface area contributed by atoms with Crippen LogP contribution in [0.2, 0.25) is 0 Å². The van der Waals surface area contributed by atoms with Gasteiger partial charge in [-0.2, -0.15) is 8.42 Å². The summed E-state index contributed by atoms with van der Waals surface area (Å²) in [4.78, 5) is 10.5. The molecule has 7 heteroatoms. The fourth-order valence-corrected chi connectivity index (χ4v) is 0.273. The lowest BCUT2D eigenvalue weighted by Crippen LogP contribution is -2.28. The second-order valence-corrected chi connectivity index (χ2v) is 3.91. The molecule has 0 fully saturated rings. The van der Waals surface area contributed by atoms with E-state index in [4.69, 9.17) is 10.3 Å². The van der Waals surface area contributed by atoms with Crippen molar-refractivity contribution in [1.82, 2.24) is 0 Å². The summed E-state index contributed by atoms with van der Waals surface area (Å²) in [6, 6.07) is -0.537. The first-order valence-corrected chi connectivity index (χ1v) is 5.49. The number of carbonyl (C=O) groups is 1. The first-order chi connectivity index (χ1) is 6.18. The van der Waals surface area contributed by atoms with Crippen LogP contribution in [0.4, 0.5) is 0 Å². The maximum absolute atomic E-state index is 10.5. The van der Waals surface area contributed by atoms with Gasteiger partial charge in [-0.3, -0.25) is 9.35 Å². The van der Waals surface area contributed by atoms with E-state index in [0.717, 1.165) is 0 Å². The lowest BCUT2D eigenvalue weighted by molar-refractivity contribution is -0.143. The van der Waals surface area contributed by atoms with Crippen LogP contribution >= 0.6 is 0 Å². The first kappa shape index (κ1) is 15.5. The summed E-state index contributed by atoms with van der Waals surface area (Å²) in [6.45, 7) is 5.19. The van der Waals surface area contributed by atoms with Crippen LogP contribution in [-0.2, 0) is 19.6 Å². The van der Waals surface area contributed by atoms with Crippen molar-refractivity contribution in [3.8, 4) is 0 Å². The molecule has 0 amide bonds. The van der Waals surface area contributed by atoms with Gasteiger partial charge in [0.1, 0.15) is 12.6 Å². The van der Waals surface area contributed by atoms with E-state index in [9.17, 15) is 13.2 Å². The van der Waals surface area contributed by atoms with Crippen LogP contribution < -0.4 is 5.73 Å². The molecule has 0 unspecified atom stereocenters. The number of carbonyl (C=O) groups excluding carboxylic acids is 1. The van der Waals surface area contributed by atoms with E-state index in [0.29, 0.717) is 6.26 Å². The number of hydrogen-bond donors (Lipinski definition) is 2. The van der Waals surface area contributed by atoms with Crippen molar-refractivity contribution in [3.63, 3.8) is 0 Å². The topological polar surface area (TPSA) is 107 Å². The van der Waals surface area contributed by atoms with Gasteiger partial charge in [0.15, 0.2) is 0 Å². The Balaban J connectivity index is 0. The first-order valence-electron chi connectivity index (χ1n) is 3.64. The van der Waals surface area contributed by atoms with Gasteiger partial charge >= 0.3 is 5.97 Å². The van der Waals surface area contributed by atoms with Crippen LogP contribution in [0.25, 0.3) is 0 Å². The fraction of sp³-hybridized carbons (Fsp3) is 0.571. The standard InChI is InChI=1S/C6H11NO2.CH4O3S/c1-3-4-9-6(8)5(2)7;1-5(2,3)4/h3,5H,1,4,7H2,2H3;1H3,(H,2,3,4)/t5-;/m1./s1. The van der Waals surface area contributed by atoms with Crippen LogP contribution in [-0.4, -0.2) is 37.8 Å². The summed E-state index contributed by atoms with van der Waals surface area (Å²) >= 11 is 0. The molecule has 0 heterocycles. The molecule has 3 N–H and O–H groups in total. The number of hydrogen-bond acceptors (Lipinski definition) is 5. The van der Waals surface area contributed by atoms with Crippen LogP contribution in [0, 0.1) is 0 Å². The molecule has 0 saturated carbocycles. The quantitative estimate of drug-likeness (QED) is 0.383. The third kappa shape index (κ3) is 22.5. The second kappa shape index (κ2) is 7.48.